The number of rotatable bonds is 2. The van der Waals surface area contributed by atoms with Crippen LogP contribution < -0.4 is 0 Å². The van der Waals surface area contributed by atoms with Crippen molar-refractivity contribution in [2.75, 3.05) is 13.1 Å². The highest BCUT2D eigenvalue weighted by atomic mass is 16.5. The Balaban J connectivity index is 1.83. The lowest BCUT2D eigenvalue weighted by atomic mass is 9.97. The third-order valence-corrected chi connectivity index (χ3v) is 3.88. The van der Waals surface area contributed by atoms with Crippen molar-refractivity contribution in [1.82, 2.24) is 4.90 Å². The summed E-state index contributed by atoms with van der Waals surface area (Å²) in [5.74, 6) is 0.0968. The van der Waals surface area contributed by atoms with Crippen molar-refractivity contribution >= 4 is 12.3 Å². The number of ether oxygens (including phenoxy) is 1. The molecule has 4 nitrogen and oxygen atoms in total. The zero-order valence-electron chi connectivity index (χ0n) is 11.1. The maximum absolute atomic E-state index is 12.5. The van der Waals surface area contributed by atoms with Gasteiger partial charge in [0, 0.05) is 13.1 Å². The minimum atomic E-state index is -0.417. The minimum Gasteiger partial charge on any atom is -0.473 e. The van der Waals surface area contributed by atoms with Crippen LogP contribution in [0.3, 0.4) is 0 Å². The number of amides is 1. The highest BCUT2D eigenvalue weighted by Crippen LogP contribution is 2.30. The third kappa shape index (κ3) is 2.23. The van der Waals surface area contributed by atoms with E-state index >= 15 is 0 Å². The second-order valence-electron chi connectivity index (χ2n) is 5.14. The summed E-state index contributed by atoms with van der Waals surface area (Å²) in [5.41, 5.74) is 2.19. The Kier molecular flexibility index (Phi) is 3.23. The molecule has 100 valence electrons. The van der Waals surface area contributed by atoms with E-state index in [1.165, 1.54) is 6.40 Å². The monoisotopic (exact) mass is 258 g/mol. The number of benzene rings is 1. The number of nitrogens with zero attached hydrogens (tertiary/aromatic N) is 2. The number of carbonyl (C=O) groups excluding carboxylic acids is 1. The van der Waals surface area contributed by atoms with Crippen LogP contribution in [0.25, 0.3) is 0 Å². The Hall–Kier alpha value is -1.84. The first-order valence-corrected chi connectivity index (χ1v) is 6.79. The molecule has 0 aliphatic carbocycles. The predicted octanol–water partition coefficient (Wildman–Crippen LogP) is 2.09. The molecule has 2 aliphatic rings. The molecule has 2 heterocycles. The third-order valence-electron chi connectivity index (χ3n) is 3.88. The summed E-state index contributed by atoms with van der Waals surface area (Å²) in [4.78, 5) is 18.6. The van der Waals surface area contributed by atoms with E-state index in [1.807, 2.05) is 36.1 Å². The van der Waals surface area contributed by atoms with Crippen LogP contribution in [0.15, 0.2) is 29.3 Å². The molecule has 1 fully saturated rings. The Morgan fingerprint density at radius 1 is 1.32 bits per heavy atom. The van der Waals surface area contributed by atoms with Gasteiger partial charge in [-0.05, 0) is 30.9 Å². The molecule has 3 rings (SSSR count). The number of aryl methyl sites for hydroxylation is 1. The fourth-order valence-corrected chi connectivity index (χ4v) is 2.79. The lowest BCUT2D eigenvalue weighted by molar-refractivity contribution is -0.133. The predicted molar refractivity (Wildman–Crippen MR) is 73.1 cm³/mol. The molecular weight excluding hydrogens is 240 g/mol. The topological polar surface area (TPSA) is 41.9 Å². The van der Waals surface area contributed by atoms with Crippen LogP contribution in [-0.4, -0.2) is 36.3 Å². The number of aliphatic imine (C=N–C) groups is 1. The van der Waals surface area contributed by atoms with Crippen LogP contribution >= 0.6 is 0 Å². The zero-order valence-corrected chi connectivity index (χ0v) is 11.1. The molecule has 1 aromatic carbocycles. The molecule has 2 atom stereocenters. The first-order chi connectivity index (χ1) is 9.27. The molecular formula is C15H18N2O2. The van der Waals surface area contributed by atoms with Crippen LogP contribution in [0.2, 0.25) is 0 Å². The lowest BCUT2D eigenvalue weighted by Gasteiger charge is -2.23. The van der Waals surface area contributed by atoms with Crippen LogP contribution in [0.5, 0.6) is 0 Å². The van der Waals surface area contributed by atoms with Crippen molar-refractivity contribution in [1.29, 1.82) is 0 Å². The summed E-state index contributed by atoms with van der Waals surface area (Å²) < 4.78 is 5.57. The van der Waals surface area contributed by atoms with Gasteiger partial charge in [-0.1, -0.05) is 24.3 Å². The molecule has 2 aliphatic heterocycles. The second-order valence-corrected chi connectivity index (χ2v) is 5.14. The van der Waals surface area contributed by atoms with Gasteiger partial charge in [-0.3, -0.25) is 4.79 Å². The van der Waals surface area contributed by atoms with Crippen molar-refractivity contribution in [2.24, 2.45) is 4.99 Å². The van der Waals surface area contributed by atoms with Gasteiger partial charge < -0.3 is 9.64 Å². The van der Waals surface area contributed by atoms with E-state index in [-0.39, 0.29) is 12.0 Å². The summed E-state index contributed by atoms with van der Waals surface area (Å²) in [6.45, 7) is 3.74. The van der Waals surface area contributed by atoms with Crippen LogP contribution in [-0.2, 0) is 9.53 Å². The van der Waals surface area contributed by atoms with Crippen molar-refractivity contribution < 1.29 is 9.53 Å². The van der Waals surface area contributed by atoms with E-state index in [0.717, 1.165) is 37.1 Å². The SMILES string of the molecule is Cc1ccccc1C1OC=N[C@@H]1C(=O)N1CCCC1. The summed E-state index contributed by atoms with van der Waals surface area (Å²) in [5, 5.41) is 0. The smallest absolute Gasteiger partial charge is 0.251 e. The molecule has 0 bridgehead atoms. The first kappa shape index (κ1) is 12.2. The zero-order chi connectivity index (χ0) is 13.2. The fourth-order valence-electron chi connectivity index (χ4n) is 2.79. The highest BCUT2D eigenvalue weighted by molar-refractivity contribution is 5.85. The van der Waals surface area contributed by atoms with Crippen LogP contribution in [0.4, 0.5) is 0 Å². The van der Waals surface area contributed by atoms with Gasteiger partial charge in [-0.2, -0.15) is 0 Å². The molecule has 1 aromatic rings. The van der Waals surface area contributed by atoms with Gasteiger partial charge in [-0.25, -0.2) is 4.99 Å². The van der Waals surface area contributed by atoms with Crippen molar-refractivity contribution in [3.8, 4) is 0 Å². The van der Waals surface area contributed by atoms with Crippen molar-refractivity contribution in [2.45, 2.75) is 31.9 Å². The molecule has 0 N–H and O–H groups in total. The largest absolute Gasteiger partial charge is 0.473 e. The quantitative estimate of drug-likeness (QED) is 0.815. The van der Waals surface area contributed by atoms with Crippen molar-refractivity contribution in [3.63, 3.8) is 0 Å². The van der Waals surface area contributed by atoms with Crippen LogP contribution in [0.1, 0.15) is 30.1 Å². The summed E-state index contributed by atoms with van der Waals surface area (Å²) in [7, 11) is 0. The van der Waals surface area contributed by atoms with Gasteiger partial charge in [0.05, 0.1) is 0 Å². The molecule has 4 heteroatoms. The second kappa shape index (κ2) is 5.03. The first-order valence-electron chi connectivity index (χ1n) is 6.79. The van der Waals surface area contributed by atoms with E-state index in [4.69, 9.17) is 4.74 Å². The standard InChI is InChI=1S/C15H18N2O2/c1-11-6-2-3-7-12(11)14-13(16-10-19-14)15(18)17-8-4-5-9-17/h2-3,6-7,10,13-14H,4-5,8-9H2,1H3/t13-,14?/m0/s1. The number of carbonyl (C=O) groups is 1. The fraction of sp³-hybridized carbons (Fsp3) is 0.467. The summed E-state index contributed by atoms with van der Waals surface area (Å²) in [6.07, 6.45) is 3.35. The molecule has 1 amide bonds. The van der Waals surface area contributed by atoms with Gasteiger partial charge in [0.2, 0.25) is 0 Å². The molecule has 0 radical (unpaired) electrons. The minimum absolute atomic E-state index is 0.0968. The van der Waals surface area contributed by atoms with Gasteiger partial charge in [0.15, 0.2) is 18.5 Å². The molecule has 0 spiro atoms. The number of hydrogen-bond acceptors (Lipinski definition) is 3. The van der Waals surface area contributed by atoms with Crippen LogP contribution in [0, 0.1) is 6.92 Å². The number of hydrogen-bond donors (Lipinski definition) is 0. The average Bonchev–Trinajstić information content (AvgIpc) is 3.10. The number of likely N-dealkylation sites (tertiary alicyclic amines) is 1. The average molecular weight is 258 g/mol. The van der Waals surface area contributed by atoms with E-state index in [0.29, 0.717) is 0 Å². The normalized spacial score (nSPS) is 25.6. The molecule has 0 aromatic heterocycles. The molecule has 1 saturated heterocycles. The molecule has 1 unspecified atom stereocenters. The summed E-state index contributed by atoms with van der Waals surface area (Å²) in [6, 6.07) is 7.60. The van der Waals surface area contributed by atoms with E-state index in [2.05, 4.69) is 4.99 Å². The van der Waals surface area contributed by atoms with Gasteiger partial charge in [-0.15, -0.1) is 0 Å². The highest BCUT2D eigenvalue weighted by Gasteiger charge is 2.37. The van der Waals surface area contributed by atoms with Gasteiger partial charge in [0.25, 0.3) is 5.91 Å². The lowest BCUT2D eigenvalue weighted by Crippen LogP contribution is -2.38. The Bertz CT molecular complexity index is 507. The maximum Gasteiger partial charge on any atom is 0.251 e. The van der Waals surface area contributed by atoms with Gasteiger partial charge >= 0.3 is 0 Å². The van der Waals surface area contributed by atoms with Gasteiger partial charge in [0.1, 0.15) is 0 Å². The summed E-state index contributed by atoms with van der Waals surface area (Å²) >= 11 is 0. The van der Waals surface area contributed by atoms with E-state index in [9.17, 15) is 4.79 Å². The Morgan fingerprint density at radius 3 is 2.79 bits per heavy atom. The Labute approximate surface area is 113 Å². The molecule has 0 saturated carbocycles. The Morgan fingerprint density at radius 2 is 2.05 bits per heavy atom. The van der Waals surface area contributed by atoms with E-state index in [1.54, 1.807) is 0 Å². The van der Waals surface area contributed by atoms with Crippen molar-refractivity contribution in [3.05, 3.63) is 35.4 Å². The van der Waals surface area contributed by atoms with E-state index < -0.39 is 6.04 Å². The maximum atomic E-state index is 12.5. The molecule has 19 heavy (non-hydrogen) atoms.